The van der Waals surface area contributed by atoms with Crippen molar-refractivity contribution >= 4 is 21.9 Å². The van der Waals surface area contributed by atoms with Crippen molar-refractivity contribution in [2.24, 2.45) is 0 Å². The third-order valence-electron chi connectivity index (χ3n) is 2.43. The van der Waals surface area contributed by atoms with Crippen molar-refractivity contribution in [3.63, 3.8) is 0 Å². The number of carboxylic acids is 1. The Morgan fingerprint density at radius 3 is 2.82 bits per heavy atom. The van der Waals surface area contributed by atoms with Gasteiger partial charge in [0.2, 0.25) is 0 Å². The average Bonchev–Trinajstić information content (AvgIpc) is 2.28. The summed E-state index contributed by atoms with van der Waals surface area (Å²) in [6.07, 6.45) is 0. The minimum atomic E-state index is -0.892. The molecule has 1 rings (SSSR count). The van der Waals surface area contributed by atoms with E-state index < -0.39 is 12.0 Å². The van der Waals surface area contributed by atoms with Gasteiger partial charge in [0, 0.05) is 18.1 Å². The van der Waals surface area contributed by atoms with Crippen molar-refractivity contribution < 1.29 is 14.6 Å². The number of nitrogens with one attached hydrogen (secondary N) is 1. The van der Waals surface area contributed by atoms with Crippen molar-refractivity contribution in [2.45, 2.75) is 13.0 Å². The molecule has 0 aliphatic carbocycles. The monoisotopic (exact) mass is 301 g/mol. The van der Waals surface area contributed by atoms with E-state index in [1.807, 2.05) is 25.1 Å². The van der Waals surface area contributed by atoms with Gasteiger partial charge in [-0.3, -0.25) is 10.1 Å². The van der Waals surface area contributed by atoms with Crippen LogP contribution in [0.25, 0.3) is 0 Å². The highest BCUT2D eigenvalue weighted by Gasteiger charge is 2.19. The second-order valence-corrected chi connectivity index (χ2v) is 4.58. The Morgan fingerprint density at radius 2 is 2.29 bits per heavy atom. The Kier molecular flexibility index (Phi) is 5.61. The van der Waals surface area contributed by atoms with Crippen LogP contribution in [0.2, 0.25) is 0 Å². The lowest BCUT2D eigenvalue weighted by Crippen LogP contribution is -2.31. The van der Waals surface area contributed by atoms with E-state index in [1.54, 1.807) is 7.11 Å². The number of carboxylic acid groups (broad SMARTS) is 1. The smallest absolute Gasteiger partial charge is 0.325 e. The van der Waals surface area contributed by atoms with E-state index in [4.69, 9.17) is 9.84 Å². The van der Waals surface area contributed by atoms with E-state index in [2.05, 4.69) is 21.2 Å². The van der Waals surface area contributed by atoms with Gasteiger partial charge >= 0.3 is 5.97 Å². The van der Waals surface area contributed by atoms with Gasteiger partial charge in [0.25, 0.3) is 0 Å². The second kappa shape index (κ2) is 6.74. The average molecular weight is 302 g/mol. The van der Waals surface area contributed by atoms with Crippen LogP contribution in [0.3, 0.4) is 0 Å². The van der Waals surface area contributed by atoms with Crippen molar-refractivity contribution in [2.75, 3.05) is 20.3 Å². The van der Waals surface area contributed by atoms with E-state index in [0.717, 1.165) is 15.6 Å². The Balaban J connectivity index is 2.82. The fourth-order valence-electron chi connectivity index (χ4n) is 1.44. The van der Waals surface area contributed by atoms with Crippen LogP contribution in [-0.2, 0) is 9.53 Å². The van der Waals surface area contributed by atoms with E-state index in [1.165, 1.54) is 0 Å². The summed E-state index contributed by atoms with van der Waals surface area (Å²) < 4.78 is 5.80. The minimum absolute atomic E-state index is 0.483. The van der Waals surface area contributed by atoms with Crippen molar-refractivity contribution in [3.8, 4) is 0 Å². The molecular weight excluding hydrogens is 286 g/mol. The van der Waals surface area contributed by atoms with Gasteiger partial charge in [-0.1, -0.05) is 28.1 Å². The fourth-order valence-corrected chi connectivity index (χ4v) is 1.84. The molecule has 1 aromatic carbocycles. The molecule has 0 aliphatic heterocycles. The third-order valence-corrected chi connectivity index (χ3v) is 3.29. The number of rotatable bonds is 6. The van der Waals surface area contributed by atoms with Crippen LogP contribution in [0.15, 0.2) is 22.7 Å². The van der Waals surface area contributed by atoms with Crippen LogP contribution < -0.4 is 5.32 Å². The summed E-state index contributed by atoms with van der Waals surface area (Å²) in [6, 6.07) is 4.84. The first-order valence-corrected chi connectivity index (χ1v) is 6.06. The number of ether oxygens (including phenoxy) is 1. The number of hydrogen-bond donors (Lipinski definition) is 2. The molecule has 0 saturated carbocycles. The molecule has 1 aromatic rings. The predicted octanol–water partition coefficient (Wildman–Crippen LogP) is 2.12. The molecule has 0 fully saturated rings. The molecule has 5 heteroatoms. The lowest BCUT2D eigenvalue weighted by molar-refractivity contribution is -0.139. The van der Waals surface area contributed by atoms with Gasteiger partial charge in [0.15, 0.2) is 0 Å². The summed E-state index contributed by atoms with van der Waals surface area (Å²) >= 11 is 3.40. The van der Waals surface area contributed by atoms with Gasteiger partial charge in [0.1, 0.15) is 6.04 Å². The first kappa shape index (κ1) is 14.2. The van der Waals surface area contributed by atoms with Gasteiger partial charge in [-0.2, -0.15) is 0 Å². The van der Waals surface area contributed by atoms with Crippen LogP contribution in [0.1, 0.15) is 17.2 Å². The summed E-state index contributed by atoms with van der Waals surface area (Å²) in [6.45, 7) is 2.94. The molecule has 0 spiro atoms. The maximum Gasteiger partial charge on any atom is 0.325 e. The molecule has 0 heterocycles. The molecule has 0 aliphatic rings. The molecule has 0 amide bonds. The first-order valence-electron chi connectivity index (χ1n) is 5.27. The summed E-state index contributed by atoms with van der Waals surface area (Å²) in [5, 5.41) is 12.1. The van der Waals surface area contributed by atoms with Crippen molar-refractivity contribution in [3.05, 3.63) is 33.8 Å². The zero-order valence-corrected chi connectivity index (χ0v) is 11.5. The van der Waals surface area contributed by atoms with Gasteiger partial charge in [-0.05, 0) is 24.1 Å². The molecule has 0 saturated heterocycles. The Bertz CT molecular complexity index is 395. The number of aryl methyl sites for hydroxylation is 1. The maximum absolute atomic E-state index is 11.2. The minimum Gasteiger partial charge on any atom is -0.480 e. The topological polar surface area (TPSA) is 58.6 Å². The molecule has 94 valence electrons. The molecular formula is C12H16BrNO3. The Morgan fingerprint density at radius 1 is 1.59 bits per heavy atom. The van der Waals surface area contributed by atoms with Crippen LogP contribution in [0.4, 0.5) is 0 Å². The van der Waals surface area contributed by atoms with Gasteiger partial charge < -0.3 is 9.84 Å². The zero-order chi connectivity index (χ0) is 12.8. The molecule has 2 N–H and O–H groups in total. The predicted molar refractivity (Wildman–Crippen MR) is 69.1 cm³/mol. The Hall–Kier alpha value is -0.910. The number of methoxy groups -OCH3 is 1. The molecule has 17 heavy (non-hydrogen) atoms. The van der Waals surface area contributed by atoms with E-state index in [9.17, 15) is 4.79 Å². The fraction of sp³-hybridized carbons (Fsp3) is 0.417. The van der Waals surface area contributed by atoms with Crippen LogP contribution in [0.5, 0.6) is 0 Å². The largest absolute Gasteiger partial charge is 0.480 e. The molecule has 1 unspecified atom stereocenters. The van der Waals surface area contributed by atoms with Gasteiger partial charge in [-0.15, -0.1) is 0 Å². The zero-order valence-electron chi connectivity index (χ0n) is 9.87. The summed E-state index contributed by atoms with van der Waals surface area (Å²) in [5.74, 6) is -0.892. The number of aliphatic carboxylic acids is 1. The number of carbonyl (C=O) groups is 1. The molecule has 0 radical (unpaired) electrons. The SMILES string of the molecule is COCCNC(C(=O)O)c1ccc(C)c(Br)c1. The number of hydrogen-bond acceptors (Lipinski definition) is 3. The summed E-state index contributed by atoms with van der Waals surface area (Å²) in [7, 11) is 1.58. The Labute approximate surface area is 109 Å². The standard InChI is InChI=1S/C12H16BrNO3/c1-8-3-4-9(7-10(8)13)11(12(15)16)14-5-6-17-2/h3-4,7,11,14H,5-6H2,1-2H3,(H,15,16). The molecule has 4 nitrogen and oxygen atoms in total. The lowest BCUT2D eigenvalue weighted by Gasteiger charge is -2.15. The molecule has 0 bridgehead atoms. The highest BCUT2D eigenvalue weighted by atomic mass is 79.9. The molecule has 0 aromatic heterocycles. The maximum atomic E-state index is 11.2. The third kappa shape index (κ3) is 4.11. The van der Waals surface area contributed by atoms with Crippen LogP contribution in [0, 0.1) is 6.92 Å². The quantitative estimate of drug-likeness (QED) is 0.790. The van der Waals surface area contributed by atoms with Crippen molar-refractivity contribution in [1.29, 1.82) is 0 Å². The second-order valence-electron chi connectivity index (χ2n) is 3.73. The highest BCUT2D eigenvalue weighted by Crippen LogP contribution is 2.22. The normalized spacial score (nSPS) is 12.4. The first-order chi connectivity index (χ1) is 8.06. The van der Waals surface area contributed by atoms with Crippen molar-refractivity contribution in [1.82, 2.24) is 5.32 Å². The number of benzene rings is 1. The van der Waals surface area contributed by atoms with Crippen LogP contribution >= 0.6 is 15.9 Å². The lowest BCUT2D eigenvalue weighted by atomic mass is 10.1. The molecule has 1 atom stereocenters. The van der Waals surface area contributed by atoms with Crippen LogP contribution in [-0.4, -0.2) is 31.3 Å². The van der Waals surface area contributed by atoms with E-state index in [-0.39, 0.29) is 0 Å². The summed E-state index contributed by atoms with van der Waals surface area (Å²) in [4.78, 5) is 11.2. The van der Waals surface area contributed by atoms with E-state index in [0.29, 0.717) is 13.2 Å². The van der Waals surface area contributed by atoms with Gasteiger partial charge in [-0.25, -0.2) is 0 Å². The van der Waals surface area contributed by atoms with Gasteiger partial charge in [0.05, 0.1) is 6.61 Å². The number of halogens is 1. The summed E-state index contributed by atoms with van der Waals surface area (Å²) in [5.41, 5.74) is 1.81. The van der Waals surface area contributed by atoms with E-state index >= 15 is 0 Å². The highest BCUT2D eigenvalue weighted by molar-refractivity contribution is 9.10.